The van der Waals surface area contributed by atoms with Gasteiger partial charge in [-0.2, -0.15) is 0 Å². The standard InChI is InChI=1S/C23H29BO2/c1-16(9-8-10-17(2)15-24)13-14-19-18(3)22(25-4)20-11-6-7-12-21(20)23(19)26-5/h6-7,10-13H,8-9,14-15H2,1-5H3. The number of fused-ring (bicyclic) bond motifs is 1. The summed E-state index contributed by atoms with van der Waals surface area (Å²) in [5, 5.41) is 2.19. The molecule has 0 aliphatic heterocycles. The van der Waals surface area contributed by atoms with Crippen LogP contribution in [0.25, 0.3) is 10.8 Å². The van der Waals surface area contributed by atoms with Crippen LogP contribution in [0.15, 0.2) is 47.6 Å². The SMILES string of the molecule is [B]CC(C)=CCCC(C)=CCc1c(C)c(OC)c2ccccc2c1OC. The van der Waals surface area contributed by atoms with E-state index in [-0.39, 0.29) is 0 Å². The highest BCUT2D eigenvalue weighted by molar-refractivity contribution is 6.10. The molecule has 0 spiro atoms. The molecule has 0 bridgehead atoms. The zero-order valence-electron chi connectivity index (χ0n) is 16.7. The quantitative estimate of drug-likeness (QED) is 0.432. The Morgan fingerprint density at radius 3 is 2.15 bits per heavy atom. The number of hydrogen-bond donors (Lipinski definition) is 0. The molecule has 2 nitrogen and oxygen atoms in total. The fourth-order valence-electron chi connectivity index (χ4n) is 3.30. The van der Waals surface area contributed by atoms with Crippen LogP contribution < -0.4 is 9.47 Å². The Kier molecular flexibility index (Phi) is 7.38. The molecule has 0 heterocycles. The fraction of sp³-hybridized carbons (Fsp3) is 0.391. The average Bonchev–Trinajstić information content (AvgIpc) is 2.65. The molecule has 0 saturated carbocycles. The van der Waals surface area contributed by atoms with Crippen molar-refractivity contribution in [2.75, 3.05) is 14.2 Å². The van der Waals surface area contributed by atoms with Crippen molar-refractivity contribution in [1.82, 2.24) is 0 Å². The van der Waals surface area contributed by atoms with Gasteiger partial charge >= 0.3 is 0 Å². The molecule has 0 aliphatic carbocycles. The Hall–Kier alpha value is -2.16. The van der Waals surface area contributed by atoms with E-state index in [9.17, 15) is 0 Å². The highest BCUT2D eigenvalue weighted by Crippen LogP contribution is 2.40. The van der Waals surface area contributed by atoms with E-state index in [0.717, 1.165) is 47.1 Å². The largest absolute Gasteiger partial charge is 0.496 e. The van der Waals surface area contributed by atoms with Crippen molar-refractivity contribution < 1.29 is 9.47 Å². The molecule has 0 amide bonds. The third-order valence-corrected chi connectivity index (χ3v) is 4.90. The van der Waals surface area contributed by atoms with Crippen LogP contribution >= 0.6 is 0 Å². The second-order valence-electron chi connectivity index (χ2n) is 6.76. The molecule has 2 radical (unpaired) electrons. The zero-order valence-corrected chi connectivity index (χ0v) is 16.7. The molecule has 0 atom stereocenters. The van der Waals surface area contributed by atoms with Gasteiger partial charge in [-0.1, -0.05) is 53.9 Å². The van der Waals surface area contributed by atoms with Crippen LogP contribution in [0.3, 0.4) is 0 Å². The van der Waals surface area contributed by atoms with Crippen LogP contribution in [0.5, 0.6) is 11.5 Å². The molecule has 26 heavy (non-hydrogen) atoms. The summed E-state index contributed by atoms with van der Waals surface area (Å²) in [6.45, 7) is 6.37. The first-order chi connectivity index (χ1) is 12.5. The molecule has 0 N–H and O–H groups in total. The van der Waals surface area contributed by atoms with Crippen LogP contribution in [0.4, 0.5) is 0 Å². The molecule has 136 valence electrons. The summed E-state index contributed by atoms with van der Waals surface area (Å²) in [7, 11) is 9.11. The van der Waals surface area contributed by atoms with Crippen LogP contribution in [-0.4, -0.2) is 22.1 Å². The molecule has 3 heteroatoms. The maximum absolute atomic E-state index is 5.79. The third kappa shape index (κ3) is 4.52. The zero-order chi connectivity index (χ0) is 19.1. The Balaban J connectivity index is 2.34. The number of rotatable bonds is 8. The van der Waals surface area contributed by atoms with E-state index in [2.05, 4.69) is 45.1 Å². The molecular formula is C23H29BO2. The van der Waals surface area contributed by atoms with E-state index in [1.54, 1.807) is 14.2 Å². The van der Waals surface area contributed by atoms with Crippen molar-refractivity contribution in [3.05, 3.63) is 58.7 Å². The third-order valence-electron chi connectivity index (χ3n) is 4.90. The normalized spacial score (nSPS) is 12.5. The van der Waals surface area contributed by atoms with Gasteiger partial charge in [-0.3, -0.25) is 0 Å². The van der Waals surface area contributed by atoms with Crippen LogP contribution in [0.1, 0.15) is 37.8 Å². The molecular weight excluding hydrogens is 319 g/mol. The van der Waals surface area contributed by atoms with Crippen molar-refractivity contribution in [2.24, 2.45) is 0 Å². The molecule has 0 aliphatic rings. The summed E-state index contributed by atoms with van der Waals surface area (Å²) >= 11 is 0. The van der Waals surface area contributed by atoms with E-state index < -0.39 is 0 Å². The number of hydrogen-bond acceptors (Lipinski definition) is 2. The molecule has 2 aromatic carbocycles. The number of methoxy groups -OCH3 is 2. The summed E-state index contributed by atoms with van der Waals surface area (Å²) in [5.41, 5.74) is 4.95. The first-order valence-electron chi connectivity index (χ1n) is 9.16. The van der Waals surface area contributed by atoms with Crippen molar-refractivity contribution in [3.8, 4) is 11.5 Å². The smallest absolute Gasteiger partial charge is 0.130 e. The summed E-state index contributed by atoms with van der Waals surface area (Å²) < 4.78 is 11.5. The van der Waals surface area contributed by atoms with Gasteiger partial charge in [0.2, 0.25) is 0 Å². The first-order valence-corrected chi connectivity index (χ1v) is 9.16. The summed E-state index contributed by atoms with van der Waals surface area (Å²) in [6.07, 6.45) is 8.07. The van der Waals surface area contributed by atoms with Gasteiger partial charge in [0.1, 0.15) is 11.5 Å². The van der Waals surface area contributed by atoms with Crippen LogP contribution in [-0.2, 0) is 6.42 Å². The fourth-order valence-corrected chi connectivity index (χ4v) is 3.30. The van der Waals surface area contributed by atoms with E-state index in [1.807, 2.05) is 12.1 Å². The second kappa shape index (κ2) is 9.52. The highest BCUT2D eigenvalue weighted by Gasteiger charge is 2.17. The first kappa shape index (κ1) is 20.2. The Morgan fingerprint density at radius 1 is 0.962 bits per heavy atom. The topological polar surface area (TPSA) is 18.5 Å². The Bertz CT molecular complexity index is 819. The monoisotopic (exact) mass is 348 g/mol. The lowest BCUT2D eigenvalue weighted by molar-refractivity contribution is 0.404. The van der Waals surface area contributed by atoms with Gasteiger partial charge in [-0.05, 0) is 45.6 Å². The van der Waals surface area contributed by atoms with Crippen molar-refractivity contribution >= 4 is 18.6 Å². The average molecular weight is 348 g/mol. The second-order valence-corrected chi connectivity index (χ2v) is 6.76. The van der Waals surface area contributed by atoms with Gasteiger partial charge in [0.25, 0.3) is 0 Å². The number of benzene rings is 2. The van der Waals surface area contributed by atoms with Gasteiger partial charge < -0.3 is 9.47 Å². The van der Waals surface area contributed by atoms with Crippen molar-refractivity contribution in [1.29, 1.82) is 0 Å². The van der Waals surface area contributed by atoms with Gasteiger partial charge in [0.05, 0.1) is 22.1 Å². The van der Waals surface area contributed by atoms with Gasteiger partial charge in [0.15, 0.2) is 0 Å². The van der Waals surface area contributed by atoms with E-state index in [1.165, 1.54) is 16.7 Å². The number of allylic oxidation sites excluding steroid dienone is 4. The summed E-state index contributed by atoms with van der Waals surface area (Å²) in [5.74, 6) is 1.88. The Morgan fingerprint density at radius 2 is 1.58 bits per heavy atom. The van der Waals surface area contributed by atoms with E-state index >= 15 is 0 Å². The predicted molar refractivity (Wildman–Crippen MR) is 113 cm³/mol. The minimum absolute atomic E-state index is 0.635. The van der Waals surface area contributed by atoms with Crippen LogP contribution in [0, 0.1) is 6.92 Å². The molecule has 0 aromatic heterocycles. The van der Waals surface area contributed by atoms with Crippen molar-refractivity contribution in [3.63, 3.8) is 0 Å². The molecule has 0 fully saturated rings. The molecule has 0 unspecified atom stereocenters. The maximum atomic E-state index is 5.79. The molecule has 2 rings (SSSR count). The molecule has 2 aromatic rings. The highest BCUT2D eigenvalue weighted by atomic mass is 16.5. The lowest BCUT2D eigenvalue weighted by atomic mass is 9.95. The number of ether oxygens (including phenoxy) is 2. The maximum Gasteiger partial charge on any atom is 0.130 e. The van der Waals surface area contributed by atoms with Gasteiger partial charge in [-0.15, -0.1) is 0 Å². The van der Waals surface area contributed by atoms with Gasteiger partial charge in [0, 0.05) is 16.3 Å². The lowest BCUT2D eigenvalue weighted by Crippen LogP contribution is -2.00. The predicted octanol–water partition coefficient (Wildman–Crippen LogP) is 5.97. The minimum Gasteiger partial charge on any atom is -0.496 e. The lowest BCUT2D eigenvalue weighted by Gasteiger charge is -2.18. The Labute approximate surface area is 159 Å². The van der Waals surface area contributed by atoms with E-state index in [4.69, 9.17) is 17.3 Å². The summed E-state index contributed by atoms with van der Waals surface area (Å²) in [4.78, 5) is 0. The van der Waals surface area contributed by atoms with Crippen molar-refractivity contribution in [2.45, 2.75) is 46.4 Å². The summed E-state index contributed by atoms with van der Waals surface area (Å²) in [6, 6.07) is 8.25. The minimum atomic E-state index is 0.635. The van der Waals surface area contributed by atoms with Crippen LogP contribution in [0.2, 0.25) is 6.32 Å². The molecule has 0 saturated heterocycles. The van der Waals surface area contributed by atoms with E-state index in [0.29, 0.717) is 6.32 Å². The van der Waals surface area contributed by atoms with Gasteiger partial charge in [-0.25, -0.2) is 0 Å².